The van der Waals surface area contributed by atoms with Crippen LogP contribution in [0.5, 0.6) is 5.75 Å². The second kappa shape index (κ2) is 4.35. The van der Waals surface area contributed by atoms with E-state index < -0.39 is 0 Å². The standard InChI is InChI=1S/C14H12FO/c1-10-6-7-12(9-14(10)15)11-4-3-5-13(8-11)16-2/h3-9H,1H2,2H3. The summed E-state index contributed by atoms with van der Waals surface area (Å²) in [6, 6.07) is 12.5. The van der Waals surface area contributed by atoms with Crippen LogP contribution in [0.25, 0.3) is 11.1 Å². The molecule has 1 radical (unpaired) electrons. The fourth-order valence-corrected chi connectivity index (χ4v) is 1.53. The van der Waals surface area contributed by atoms with Crippen LogP contribution >= 0.6 is 0 Å². The lowest BCUT2D eigenvalue weighted by molar-refractivity contribution is 0.415. The molecular weight excluding hydrogens is 203 g/mol. The van der Waals surface area contributed by atoms with Gasteiger partial charge in [-0.1, -0.05) is 24.3 Å². The quantitative estimate of drug-likeness (QED) is 0.742. The Hall–Kier alpha value is -1.83. The minimum Gasteiger partial charge on any atom is -0.497 e. The summed E-state index contributed by atoms with van der Waals surface area (Å²) in [5, 5.41) is 0. The van der Waals surface area contributed by atoms with Crippen molar-refractivity contribution in [2.45, 2.75) is 0 Å². The fourth-order valence-electron chi connectivity index (χ4n) is 1.53. The van der Waals surface area contributed by atoms with Gasteiger partial charge in [0.15, 0.2) is 0 Å². The number of benzene rings is 2. The first-order valence-electron chi connectivity index (χ1n) is 4.96. The molecule has 0 unspecified atom stereocenters. The third-order valence-electron chi connectivity index (χ3n) is 2.46. The second-order valence-corrected chi connectivity index (χ2v) is 3.54. The fraction of sp³-hybridized carbons (Fsp3) is 0.0714. The normalized spacial score (nSPS) is 10.2. The molecule has 0 fully saturated rings. The highest BCUT2D eigenvalue weighted by Gasteiger charge is 2.02. The summed E-state index contributed by atoms with van der Waals surface area (Å²) in [5.74, 6) is 0.469. The summed E-state index contributed by atoms with van der Waals surface area (Å²) >= 11 is 0. The second-order valence-electron chi connectivity index (χ2n) is 3.54. The first-order valence-corrected chi connectivity index (χ1v) is 4.96. The van der Waals surface area contributed by atoms with E-state index in [2.05, 4.69) is 6.92 Å². The van der Waals surface area contributed by atoms with Gasteiger partial charge in [-0.2, -0.15) is 0 Å². The molecule has 2 rings (SSSR count). The van der Waals surface area contributed by atoms with Crippen LogP contribution in [-0.4, -0.2) is 7.11 Å². The molecule has 0 aliphatic carbocycles. The molecule has 0 N–H and O–H groups in total. The van der Waals surface area contributed by atoms with E-state index in [0.29, 0.717) is 5.56 Å². The van der Waals surface area contributed by atoms with Gasteiger partial charge >= 0.3 is 0 Å². The summed E-state index contributed by atoms with van der Waals surface area (Å²) in [6.07, 6.45) is 0. The van der Waals surface area contributed by atoms with Gasteiger partial charge in [0, 0.05) is 0 Å². The van der Waals surface area contributed by atoms with Gasteiger partial charge in [0.2, 0.25) is 0 Å². The molecule has 0 aliphatic heterocycles. The van der Waals surface area contributed by atoms with Crippen LogP contribution in [0.2, 0.25) is 0 Å². The number of methoxy groups -OCH3 is 1. The van der Waals surface area contributed by atoms with E-state index in [4.69, 9.17) is 4.74 Å². The molecule has 0 spiro atoms. The van der Waals surface area contributed by atoms with Crippen molar-refractivity contribution >= 4 is 0 Å². The molecule has 0 saturated heterocycles. The van der Waals surface area contributed by atoms with Gasteiger partial charge in [-0.05, 0) is 41.8 Å². The zero-order valence-corrected chi connectivity index (χ0v) is 9.03. The summed E-state index contributed by atoms with van der Waals surface area (Å²) < 4.78 is 18.5. The van der Waals surface area contributed by atoms with Gasteiger partial charge in [0.25, 0.3) is 0 Å². The van der Waals surface area contributed by atoms with Crippen molar-refractivity contribution in [1.29, 1.82) is 0 Å². The molecule has 0 heterocycles. The van der Waals surface area contributed by atoms with Crippen LogP contribution < -0.4 is 4.74 Å². The molecule has 0 saturated carbocycles. The van der Waals surface area contributed by atoms with Crippen LogP contribution in [0.3, 0.4) is 0 Å². The van der Waals surface area contributed by atoms with E-state index >= 15 is 0 Å². The Morgan fingerprint density at radius 3 is 2.50 bits per heavy atom. The molecule has 1 nitrogen and oxygen atoms in total. The zero-order chi connectivity index (χ0) is 11.5. The lowest BCUT2D eigenvalue weighted by Gasteiger charge is -2.05. The van der Waals surface area contributed by atoms with Gasteiger partial charge in [0.05, 0.1) is 7.11 Å². The first-order chi connectivity index (χ1) is 7.70. The van der Waals surface area contributed by atoms with Crippen molar-refractivity contribution in [3.8, 4) is 16.9 Å². The first kappa shape index (κ1) is 10.7. The van der Waals surface area contributed by atoms with E-state index in [1.165, 1.54) is 6.07 Å². The van der Waals surface area contributed by atoms with E-state index in [-0.39, 0.29) is 5.82 Å². The Labute approximate surface area is 94.5 Å². The number of hydrogen-bond acceptors (Lipinski definition) is 1. The maximum atomic E-state index is 13.4. The number of hydrogen-bond donors (Lipinski definition) is 0. The maximum absolute atomic E-state index is 13.4. The lowest BCUT2D eigenvalue weighted by Crippen LogP contribution is -1.86. The topological polar surface area (TPSA) is 9.23 Å². The smallest absolute Gasteiger partial charge is 0.127 e. The molecule has 2 aromatic rings. The summed E-state index contributed by atoms with van der Waals surface area (Å²) in [7, 11) is 1.61. The van der Waals surface area contributed by atoms with Crippen LogP contribution in [0.1, 0.15) is 5.56 Å². The van der Waals surface area contributed by atoms with Gasteiger partial charge in [-0.3, -0.25) is 0 Å². The number of ether oxygens (including phenoxy) is 1. The maximum Gasteiger partial charge on any atom is 0.127 e. The van der Waals surface area contributed by atoms with E-state index in [1.54, 1.807) is 13.2 Å². The number of rotatable bonds is 2. The third-order valence-corrected chi connectivity index (χ3v) is 2.46. The molecule has 0 aromatic heterocycles. The van der Waals surface area contributed by atoms with Crippen molar-refractivity contribution in [1.82, 2.24) is 0 Å². The van der Waals surface area contributed by atoms with Crippen LogP contribution in [0.15, 0.2) is 42.5 Å². The van der Waals surface area contributed by atoms with E-state index in [1.807, 2.05) is 30.3 Å². The van der Waals surface area contributed by atoms with Gasteiger partial charge < -0.3 is 4.74 Å². The van der Waals surface area contributed by atoms with Crippen molar-refractivity contribution in [2.24, 2.45) is 0 Å². The zero-order valence-electron chi connectivity index (χ0n) is 9.03. The van der Waals surface area contributed by atoms with Crippen molar-refractivity contribution < 1.29 is 9.13 Å². The highest BCUT2D eigenvalue weighted by Crippen LogP contribution is 2.25. The van der Waals surface area contributed by atoms with E-state index in [9.17, 15) is 4.39 Å². The van der Waals surface area contributed by atoms with E-state index in [0.717, 1.165) is 16.9 Å². The largest absolute Gasteiger partial charge is 0.497 e. The lowest BCUT2D eigenvalue weighted by atomic mass is 10.0. The molecule has 81 valence electrons. The van der Waals surface area contributed by atoms with Gasteiger partial charge in [0.1, 0.15) is 11.6 Å². The SMILES string of the molecule is [CH2]c1ccc(-c2cccc(OC)c2)cc1F. The number of halogens is 1. The average Bonchev–Trinajstić information content (AvgIpc) is 2.33. The minimum atomic E-state index is -0.291. The molecule has 2 heteroatoms. The molecule has 2 aromatic carbocycles. The predicted molar refractivity (Wildman–Crippen MR) is 62.8 cm³/mol. The Bertz CT molecular complexity index is 506. The van der Waals surface area contributed by atoms with Crippen molar-refractivity contribution in [3.63, 3.8) is 0 Å². The molecule has 16 heavy (non-hydrogen) atoms. The summed E-state index contributed by atoms with van der Waals surface area (Å²) in [4.78, 5) is 0. The summed E-state index contributed by atoms with van der Waals surface area (Å²) in [5.41, 5.74) is 2.16. The van der Waals surface area contributed by atoms with Crippen molar-refractivity contribution in [2.75, 3.05) is 7.11 Å². The molecule has 0 bridgehead atoms. The molecular formula is C14H12FO. The highest BCUT2D eigenvalue weighted by molar-refractivity contribution is 5.65. The van der Waals surface area contributed by atoms with Gasteiger partial charge in [-0.15, -0.1) is 0 Å². The van der Waals surface area contributed by atoms with Crippen LogP contribution in [0, 0.1) is 12.7 Å². The molecule has 0 amide bonds. The van der Waals surface area contributed by atoms with Crippen LogP contribution in [0.4, 0.5) is 4.39 Å². The van der Waals surface area contributed by atoms with Crippen molar-refractivity contribution in [3.05, 3.63) is 60.8 Å². The Kier molecular flexibility index (Phi) is 2.91. The molecule has 0 atom stereocenters. The average molecular weight is 215 g/mol. The predicted octanol–water partition coefficient (Wildman–Crippen LogP) is 3.68. The van der Waals surface area contributed by atoms with Gasteiger partial charge in [-0.25, -0.2) is 4.39 Å². The highest BCUT2D eigenvalue weighted by atomic mass is 19.1. The molecule has 0 aliphatic rings. The Morgan fingerprint density at radius 1 is 1.06 bits per heavy atom. The Morgan fingerprint density at radius 2 is 1.81 bits per heavy atom. The monoisotopic (exact) mass is 215 g/mol. The third kappa shape index (κ3) is 2.06. The summed E-state index contributed by atoms with van der Waals surface area (Å²) in [6.45, 7) is 3.59. The Balaban J connectivity index is 2.46. The minimum absolute atomic E-state index is 0.291. The van der Waals surface area contributed by atoms with Crippen LogP contribution in [-0.2, 0) is 0 Å².